The van der Waals surface area contributed by atoms with Crippen molar-refractivity contribution >= 4 is 5.69 Å². The van der Waals surface area contributed by atoms with Crippen LogP contribution >= 0.6 is 0 Å². The zero-order chi connectivity index (χ0) is 12.6. The Morgan fingerprint density at radius 3 is 2.31 bits per heavy atom. The monoisotopic (exact) mass is 221 g/mol. The minimum atomic E-state index is 1.20. The number of nitrogens with zero attached hydrogens (tertiary/aromatic N) is 1. The SMILES string of the molecule is CC.CC.Cc1ccc2c(c1)CCCN2C. The molecule has 0 fully saturated rings. The van der Waals surface area contributed by atoms with E-state index in [9.17, 15) is 0 Å². The maximum atomic E-state index is 2.35. The second-order valence-corrected chi connectivity index (χ2v) is 3.66. The number of anilines is 1. The maximum Gasteiger partial charge on any atom is 0.0396 e. The number of aryl methyl sites for hydroxylation is 2. The lowest BCUT2D eigenvalue weighted by Gasteiger charge is -2.27. The molecule has 1 heteroatoms. The molecule has 0 atom stereocenters. The van der Waals surface area contributed by atoms with Crippen molar-refractivity contribution in [3.63, 3.8) is 0 Å². The van der Waals surface area contributed by atoms with Crippen LogP contribution < -0.4 is 4.90 Å². The van der Waals surface area contributed by atoms with Crippen LogP contribution in [0.15, 0.2) is 18.2 Å². The van der Waals surface area contributed by atoms with E-state index in [-0.39, 0.29) is 0 Å². The van der Waals surface area contributed by atoms with E-state index < -0.39 is 0 Å². The summed E-state index contributed by atoms with van der Waals surface area (Å²) in [5.41, 5.74) is 4.32. The van der Waals surface area contributed by atoms with Gasteiger partial charge in [-0.25, -0.2) is 0 Å². The molecule has 1 aliphatic rings. The normalized spacial score (nSPS) is 12.8. The van der Waals surface area contributed by atoms with Crippen LogP contribution in [0, 0.1) is 6.92 Å². The Kier molecular flexibility index (Phi) is 7.70. The van der Waals surface area contributed by atoms with Crippen molar-refractivity contribution in [2.45, 2.75) is 47.5 Å². The van der Waals surface area contributed by atoms with E-state index in [1.807, 2.05) is 27.7 Å². The molecule has 0 aromatic heterocycles. The molecule has 2 rings (SSSR count). The van der Waals surface area contributed by atoms with E-state index in [2.05, 4.69) is 37.1 Å². The second kappa shape index (κ2) is 8.20. The van der Waals surface area contributed by atoms with Gasteiger partial charge in [0.05, 0.1) is 0 Å². The summed E-state index contributed by atoms with van der Waals surface area (Å²) < 4.78 is 0. The van der Waals surface area contributed by atoms with Gasteiger partial charge in [0, 0.05) is 19.3 Å². The summed E-state index contributed by atoms with van der Waals surface area (Å²) in [5, 5.41) is 0. The molecule has 0 saturated heterocycles. The van der Waals surface area contributed by atoms with E-state index in [4.69, 9.17) is 0 Å². The molecule has 1 nitrogen and oxygen atoms in total. The molecule has 0 saturated carbocycles. The quantitative estimate of drug-likeness (QED) is 0.626. The average molecular weight is 221 g/mol. The second-order valence-electron chi connectivity index (χ2n) is 3.66. The third-order valence-corrected chi connectivity index (χ3v) is 2.59. The van der Waals surface area contributed by atoms with Gasteiger partial charge < -0.3 is 4.90 Å². The minimum Gasteiger partial charge on any atom is -0.374 e. The lowest BCUT2D eigenvalue weighted by molar-refractivity contribution is 0.744. The number of benzene rings is 1. The number of fused-ring (bicyclic) bond motifs is 1. The number of rotatable bonds is 0. The van der Waals surface area contributed by atoms with Gasteiger partial charge in [-0.1, -0.05) is 45.4 Å². The molecule has 0 unspecified atom stereocenters. The maximum absolute atomic E-state index is 2.35. The lowest BCUT2D eigenvalue weighted by atomic mass is 10.0. The van der Waals surface area contributed by atoms with Gasteiger partial charge in [0.1, 0.15) is 0 Å². The van der Waals surface area contributed by atoms with E-state index in [1.165, 1.54) is 36.2 Å². The fourth-order valence-electron chi connectivity index (χ4n) is 1.91. The highest BCUT2D eigenvalue weighted by Crippen LogP contribution is 2.26. The van der Waals surface area contributed by atoms with Crippen molar-refractivity contribution < 1.29 is 0 Å². The Morgan fingerprint density at radius 1 is 1.06 bits per heavy atom. The fourth-order valence-corrected chi connectivity index (χ4v) is 1.91. The molecule has 1 aromatic rings. The molecule has 1 aliphatic heterocycles. The van der Waals surface area contributed by atoms with Crippen molar-refractivity contribution in [2.75, 3.05) is 18.5 Å². The van der Waals surface area contributed by atoms with Gasteiger partial charge in [-0.05, 0) is 31.4 Å². The molecule has 1 aromatic carbocycles. The third kappa shape index (κ3) is 3.88. The molecule has 0 spiro atoms. The van der Waals surface area contributed by atoms with Crippen LogP contribution in [0.1, 0.15) is 45.2 Å². The van der Waals surface area contributed by atoms with Crippen LogP contribution in [0.2, 0.25) is 0 Å². The van der Waals surface area contributed by atoms with Crippen molar-refractivity contribution in [3.05, 3.63) is 29.3 Å². The lowest BCUT2D eigenvalue weighted by Crippen LogP contribution is -2.24. The molecule has 92 valence electrons. The first-order chi connectivity index (χ1) is 7.77. The highest BCUT2D eigenvalue weighted by atomic mass is 15.1. The van der Waals surface area contributed by atoms with Crippen LogP contribution in [-0.2, 0) is 6.42 Å². The summed E-state index contributed by atoms with van der Waals surface area (Å²) in [6.07, 6.45) is 2.55. The van der Waals surface area contributed by atoms with Crippen LogP contribution in [0.5, 0.6) is 0 Å². The first-order valence-electron chi connectivity index (χ1n) is 6.58. The van der Waals surface area contributed by atoms with Gasteiger partial charge >= 0.3 is 0 Å². The van der Waals surface area contributed by atoms with Gasteiger partial charge in [-0.2, -0.15) is 0 Å². The summed E-state index contributed by atoms with van der Waals surface area (Å²) in [7, 11) is 2.17. The highest BCUT2D eigenvalue weighted by molar-refractivity contribution is 5.55. The van der Waals surface area contributed by atoms with Gasteiger partial charge in [0.15, 0.2) is 0 Å². The fraction of sp³-hybridized carbons (Fsp3) is 0.600. The zero-order valence-corrected chi connectivity index (χ0v) is 11.8. The first-order valence-corrected chi connectivity index (χ1v) is 6.58. The molecule has 1 heterocycles. The molecule has 16 heavy (non-hydrogen) atoms. The molecule has 0 radical (unpaired) electrons. The predicted octanol–water partition coefficient (Wildman–Crippen LogP) is 4.43. The van der Waals surface area contributed by atoms with Crippen LogP contribution in [0.25, 0.3) is 0 Å². The van der Waals surface area contributed by atoms with E-state index in [1.54, 1.807) is 0 Å². The van der Waals surface area contributed by atoms with Crippen molar-refractivity contribution in [3.8, 4) is 0 Å². The Morgan fingerprint density at radius 2 is 1.69 bits per heavy atom. The van der Waals surface area contributed by atoms with Gasteiger partial charge in [0.2, 0.25) is 0 Å². The van der Waals surface area contributed by atoms with Crippen LogP contribution in [0.3, 0.4) is 0 Å². The Balaban J connectivity index is 0.000000509. The van der Waals surface area contributed by atoms with Gasteiger partial charge in [0.25, 0.3) is 0 Å². The molecule has 0 aliphatic carbocycles. The summed E-state index contributed by atoms with van der Waals surface area (Å²) in [4.78, 5) is 2.35. The third-order valence-electron chi connectivity index (χ3n) is 2.59. The zero-order valence-electron chi connectivity index (χ0n) is 11.8. The summed E-state index contributed by atoms with van der Waals surface area (Å²) in [6.45, 7) is 11.4. The molecular weight excluding hydrogens is 194 g/mol. The van der Waals surface area contributed by atoms with Crippen LogP contribution in [-0.4, -0.2) is 13.6 Å². The van der Waals surface area contributed by atoms with Crippen molar-refractivity contribution in [1.29, 1.82) is 0 Å². The smallest absolute Gasteiger partial charge is 0.0396 e. The van der Waals surface area contributed by atoms with Crippen molar-refractivity contribution in [2.24, 2.45) is 0 Å². The average Bonchev–Trinajstić information content (AvgIpc) is 2.34. The molecule has 0 N–H and O–H groups in total. The summed E-state index contributed by atoms with van der Waals surface area (Å²) >= 11 is 0. The van der Waals surface area contributed by atoms with Gasteiger partial charge in [-0.15, -0.1) is 0 Å². The summed E-state index contributed by atoms with van der Waals surface area (Å²) in [6, 6.07) is 6.75. The molecule has 0 bridgehead atoms. The largest absolute Gasteiger partial charge is 0.374 e. The topological polar surface area (TPSA) is 3.24 Å². The Bertz CT molecular complexity index is 291. The van der Waals surface area contributed by atoms with Crippen molar-refractivity contribution in [1.82, 2.24) is 0 Å². The predicted molar refractivity (Wildman–Crippen MR) is 75.5 cm³/mol. The van der Waals surface area contributed by atoms with Gasteiger partial charge in [-0.3, -0.25) is 0 Å². The standard InChI is InChI=1S/C11H15N.2C2H6/c1-9-5-6-11-10(8-9)4-3-7-12(11)2;2*1-2/h5-6,8H,3-4,7H2,1-2H3;2*1-2H3. The Labute approximate surface area is 101 Å². The Hall–Kier alpha value is -0.980. The van der Waals surface area contributed by atoms with E-state index in [0.29, 0.717) is 0 Å². The molecular formula is C15H27N. The first kappa shape index (κ1) is 15.0. The molecule has 0 amide bonds. The highest BCUT2D eigenvalue weighted by Gasteiger charge is 2.12. The number of hydrogen-bond acceptors (Lipinski definition) is 1. The van der Waals surface area contributed by atoms with Crippen LogP contribution in [0.4, 0.5) is 5.69 Å². The van der Waals surface area contributed by atoms with E-state index >= 15 is 0 Å². The van der Waals surface area contributed by atoms with E-state index in [0.717, 1.165) is 0 Å². The summed E-state index contributed by atoms with van der Waals surface area (Å²) in [5.74, 6) is 0. The minimum absolute atomic E-state index is 1.20. The number of hydrogen-bond donors (Lipinski definition) is 0.